The Balaban J connectivity index is 1.58. The Morgan fingerprint density at radius 1 is 1.12 bits per heavy atom. The topological polar surface area (TPSA) is 85.2 Å². The number of carbonyl (C=O) groups excluding carboxylic acids is 1. The minimum absolute atomic E-state index is 0.0555. The smallest absolute Gasteiger partial charge is 0.378 e. The van der Waals surface area contributed by atoms with E-state index in [1.165, 1.54) is 0 Å². The van der Waals surface area contributed by atoms with E-state index in [-0.39, 0.29) is 12.2 Å². The summed E-state index contributed by atoms with van der Waals surface area (Å²) in [6.45, 7) is 2.23. The molecule has 1 aromatic carbocycles. The zero-order valence-electron chi connectivity index (χ0n) is 16.6. The molecule has 4 rings (SSSR count). The highest BCUT2D eigenvalue weighted by Crippen LogP contribution is 2.32. The molecule has 0 aliphatic carbocycles. The van der Waals surface area contributed by atoms with Crippen molar-refractivity contribution in [3.05, 3.63) is 65.4 Å². The van der Waals surface area contributed by atoms with Crippen molar-refractivity contribution >= 4 is 11.7 Å². The van der Waals surface area contributed by atoms with Crippen molar-refractivity contribution in [1.29, 1.82) is 0 Å². The fraction of sp³-hybridized carbons (Fsp3) is 0.300. The number of halogens is 4. The average molecular weight is 450 g/mol. The fourth-order valence-corrected chi connectivity index (χ4v) is 3.34. The first-order chi connectivity index (χ1) is 15.3. The van der Waals surface area contributed by atoms with Crippen LogP contribution in [0.5, 0.6) is 0 Å². The Morgan fingerprint density at radius 2 is 1.84 bits per heavy atom. The van der Waals surface area contributed by atoms with Crippen LogP contribution < -0.4 is 10.2 Å². The maximum atomic E-state index is 13.8. The van der Waals surface area contributed by atoms with Crippen molar-refractivity contribution in [2.24, 2.45) is 0 Å². The molecule has 32 heavy (non-hydrogen) atoms. The van der Waals surface area contributed by atoms with Crippen LogP contribution >= 0.6 is 0 Å². The Kier molecular flexibility index (Phi) is 6.04. The highest BCUT2D eigenvalue weighted by molar-refractivity contribution is 5.93. The van der Waals surface area contributed by atoms with Crippen LogP contribution in [0.25, 0.3) is 5.69 Å². The fourth-order valence-electron chi connectivity index (χ4n) is 3.34. The zero-order valence-corrected chi connectivity index (χ0v) is 16.6. The molecule has 12 heteroatoms. The lowest BCUT2D eigenvalue weighted by atomic mass is 10.2. The van der Waals surface area contributed by atoms with Gasteiger partial charge in [-0.3, -0.25) is 4.79 Å². The molecule has 3 heterocycles. The van der Waals surface area contributed by atoms with Crippen molar-refractivity contribution in [2.45, 2.75) is 12.7 Å². The molecule has 3 aromatic rings. The highest BCUT2D eigenvalue weighted by Gasteiger charge is 2.42. The number of nitrogens with one attached hydrogen (secondary N) is 1. The summed E-state index contributed by atoms with van der Waals surface area (Å²) in [6.07, 6.45) is -3.32. The van der Waals surface area contributed by atoms with E-state index in [2.05, 4.69) is 20.6 Å². The molecule has 1 fully saturated rings. The van der Waals surface area contributed by atoms with Crippen LogP contribution in [0.15, 0.2) is 42.6 Å². The Hall–Kier alpha value is -3.54. The van der Waals surface area contributed by atoms with E-state index in [1.807, 2.05) is 4.90 Å². The van der Waals surface area contributed by atoms with Gasteiger partial charge in [-0.05, 0) is 30.3 Å². The number of ether oxygens (including phenoxy) is 1. The highest BCUT2D eigenvalue weighted by atomic mass is 19.4. The molecule has 0 bridgehead atoms. The molecule has 0 radical (unpaired) electrons. The lowest BCUT2D eigenvalue weighted by Crippen LogP contribution is -2.38. The zero-order chi connectivity index (χ0) is 22.7. The third-order valence-corrected chi connectivity index (χ3v) is 4.84. The minimum atomic E-state index is -4.92. The molecule has 8 nitrogen and oxygen atoms in total. The lowest BCUT2D eigenvalue weighted by Gasteiger charge is -2.29. The average Bonchev–Trinajstić information content (AvgIpc) is 3.25. The molecule has 1 aliphatic heterocycles. The van der Waals surface area contributed by atoms with E-state index in [0.717, 1.165) is 24.3 Å². The number of hydrogen-bond donors (Lipinski definition) is 1. The number of morpholine rings is 1. The quantitative estimate of drug-likeness (QED) is 0.602. The van der Waals surface area contributed by atoms with Crippen molar-refractivity contribution in [2.75, 3.05) is 31.2 Å². The second-order valence-corrected chi connectivity index (χ2v) is 6.94. The molecule has 1 amide bonds. The molecular weight excluding hydrogens is 432 g/mol. The van der Waals surface area contributed by atoms with Gasteiger partial charge in [0.25, 0.3) is 5.91 Å². The summed E-state index contributed by atoms with van der Waals surface area (Å²) in [7, 11) is 0. The van der Waals surface area contributed by atoms with Gasteiger partial charge < -0.3 is 15.0 Å². The second kappa shape index (κ2) is 8.91. The second-order valence-electron chi connectivity index (χ2n) is 6.94. The van der Waals surface area contributed by atoms with Gasteiger partial charge in [0, 0.05) is 31.4 Å². The maximum Gasteiger partial charge on any atom is 0.435 e. The number of anilines is 1. The summed E-state index contributed by atoms with van der Waals surface area (Å²) in [5.74, 6) is -1.03. The number of rotatable bonds is 5. The summed E-state index contributed by atoms with van der Waals surface area (Å²) >= 11 is 0. The van der Waals surface area contributed by atoms with Crippen LogP contribution in [0.2, 0.25) is 0 Å². The first kappa shape index (κ1) is 21.7. The van der Waals surface area contributed by atoms with Gasteiger partial charge in [0.1, 0.15) is 11.6 Å². The number of nitrogens with zero attached hydrogens (tertiary/aromatic N) is 5. The van der Waals surface area contributed by atoms with Crippen molar-refractivity contribution < 1.29 is 27.1 Å². The number of pyridine rings is 1. The summed E-state index contributed by atoms with van der Waals surface area (Å²) in [5.41, 5.74) is -1.66. The number of benzene rings is 1. The van der Waals surface area contributed by atoms with Crippen molar-refractivity contribution in [3.8, 4) is 5.69 Å². The predicted octanol–water partition coefficient (Wildman–Crippen LogP) is 2.59. The third-order valence-electron chi connectivity index (χ3n) is 4.84. The standard InChI is InChI=1S/C20H18F4N6O2/c21-14-3-5-15(6-4-14)30-17(20(22,23)24)16(27-28-30)19(31)26-12-13-2-1-7-25-18(13)29-8-10-32-11-9-29/h1-7H,8-12H2,(H,26,31). The van der Waals surface area contributed by atoms with Gasteiger partial charge in [-0.15, -0.1) is 5.10 Å². The molecule has 0 atom stereocenters. The first-order valence-corrected chi connectivity index (χ1v) is 9.68. The van der Waals surface area contributed by atoms with Gasteiger partial charge in [-0.25, -0.2) is 14.1 Å². The number of hydrogen-bond acceptors (Lipinski definition) is 6. The number of aromatic nitrogens is 4. The largest absolute Gasteiger partial charge is 0.435 e. The monoisotopic (exact) mass is 450 g/mol. The molecule has 2 aromatic heterocycles. The molecule has 0 spiro atoms. The summed E-state index contributed by atoms with van der Waals surface area (Å²) in [5, 5.41) is 9.40. The Labute approximate surface area is 179 Å². The van der Waals surface area contributed by atoms with Crippen LogP contribution in [0, 0.1) is 5.82 Å². The van der Waals surface area contributed by atoms with Gasteiger partial charge in [0.15, 0.2) is 11.4 Å². The van der Waals surface area contributed by atoms with E-state index < -0.39 is 29.3 Å². The summed E-state index contributed by atoms with van der Waals surface area (Å²) in [4.78, 5) is 19.0. The minimum Gasteiger partial charge on any atom is -0.378 e. The molecule has 0 saturated carbocycles. The molecule has 1 saturated heterocycles. The number of alkyl halides is 3. The van der Waals surface area contributed by atoms with Gasteiger partial charge in [0.05, 0.1) is 18.9 Å². The molecule has 1 aliphatic rings. The van der Waals surface area contributed by atoms with Gasteiger partial charge >= 0.3 is 6.18 Å². The van der Waals surface area contributed by atoms with Crippen LogP contribution in [0.1, 0.15) is 21.7 Å². The van der Waals surface area contributed by atoms with Gasteiger partial charge in [-0.1, -0.05) is 11.3 Å². The van der Waals surface area contributed by atoms with Crippen LogP contribution in [-0.4, -0.2) is 52.2 Å². The maximum absolute atomic E-state index is 13.8. The normalized spacial score (nSPS) is 14.4. The van der Waals surface area contributed by atoms with Crippen molar-refractivity contribution in [3.63, 3.8) is 0 Å². The molecule has 168 valence electrons. The predicted molar refractivity (Wildman–Crippen MR) is 105 cm³/mol. The Morgan fingerprint density at radius 3 is 2.53 bits per heavy atom. The molecule has 0 unspecified atom stereocenters. The van der Waals surface area contributed by atoms with Crippen LogP contribution in [-0.2, 0) is 17.5 Å². The summed E-state index contributed by atoms with van der Waals surface area (Å²) in [6, 6.07) is 7.63. The lowest BCUT2D eigenvalue weighted by molar-refractivity contribution is -0.143. The van der Waals surface area contributed by atoms with E-state index >= 15 is 0 Å². The number of carbonyl (C=O) groups is 1. The molecule has 1 N–H and O–H groups in total. The van der Waals surface area contributed by atoms with Gasteiger partial charge in [-0.2, -0.15) is 13.2 Å². The molecular formula is C20H18F4N6O2. The Bertz CT molecular complexity index is 1090. The third kappa shape index (κ3) is 4.54. The SMILES string of the molecule is O=C(NCc1cccnc1N1CCOCC1)c1nnn(-c2ccc(F)cc2)c1C(F)(F)F. The van der Waals surface area contributed by atoms with Crippen molar-refractivity contribution in [1.82, 2.24) is 25.3 Å². The summed E-state index contributed by atoms with van der Waals surface area (Å²) < 4.78 is 60.2. The van der Waals surface area contributed by atoms with E-state index in [1.54, 1.807) is 18.3 Å². The van der Waals surface area contributed by atoms with Crippen LogP contribution in [0.4, 0.5) is 23.4 Å². The van der Waals surface area contributed by atoms with E-state index in [0.29, 0.717) is 42.4 Å². The van der Waals surface area contributed by atoms with Crippen LogP contribution in [0.3, 0.4) is 0 Å². The number of amides is 1. The van der Waals surface area contributed by atoms with E-state index in [4.69, 9.17) is 4.74 Å². The first-order valence-electron chi connectivity index (χ1n) is 9.68. The van der Waals surface area contributed by atoms with Gasteiger partial charge in [0.2, 0.25) is 0 Å². The van der Waals surface area contributed by atoms with E-state index in [9.17, 15) is 22.4 Å².